The second-order valence-electron chi connectivity index (χ2n) is 5.89. The van der Waals surface area contributed by atoms with E-state index in [0.717, 1.165) is 17.2 Å². The molecule has 27 heavy (non-hydrogen) atoms. The van der Waals surface area contributed by atoms with Crippen LogP contribution in [-0.4, -0.2) is 20.9 Å². The van der Waals surface area contributed by atoms with Gasteiger partial charge in [-0.1, -0.05) is 24.3 Å². The van der Waals surface area contributed by atoms with Gasteiger partial charge in [-0.05, 0) is 43.2 Å². The normalized spacial score (nSPS) is 12.0. The number of alkyl halides is 3. The number of carbonyl (C=O) groups excluding carboxylic acids is 1. The molecule has 0 bridgehead atoms. The fourth-order valence-corrected chi connectivity index (χ4v) is 3.30. The van der Waals surface area contributed by atoms with E-state index >= 15 is 0 Å². The predicted molar refractivity (Wildman–Crippen MR) is 92.3 cm³/mol. The summed E-state index contributed by atoms with van der Waals surface area (Å²) >= 11 is 0. The van der Waals surface area contributed by atoms with Crippen LogP contribution in [0.4, 0.5) is 13.2 Å². The van der Waals surface area contributed by atoms with Gasteiger partial charge in [0.15, 0.2) is 0 Å². The molecular formula is C18H18F3NO4S. The van der Waals surface area contributed by atoms with Gasteiger partial charge in [0, 0.05) is 5.56 Å². The van der Waals surface area contributed by atoms with Gasteiger partial charge < -0.3 is 4.74 Å². The first-order valence-corrected chi connectivity index (χ1v) is 9.36. The molecule has 0 aliphatic rings. The van der Waals surface area contributed by atoms with Crippen molar-refractivity contribution < 1.29 is 31.1 Å². The van der Waals surface area contributed by atoms with Crippen LogP contribution >= 0.6 is 0 Å². The molecule has 2 aromatic carbocycles. The number of aryl methyl sites for hydroxylation is 2. The van der Waals surface area contributed by atoms with Crippen molar-refractivity contribution in [1.29, 1.82) is 0 Å². The number of rotatable bonds is 6. The molecule has 5 nitrogen and oxygen atoms in total. The summed E-state index contributed by atoms with van der Waals surface area (Å²) in [6.45, 7) is 2.28. The Labute approximate surface area is 155 Å². The summed E-state index contributed by atoms with van der Waals surface area (Å²) < 4.78 is 69.9. The van der Waals surface area contributed by atoms with E-state index in [2.05, 4.69) is 4.72 Å². The molecule has 2 rings (SSSR count). The van der Waals surface area contributed by atoms with E-state index < -0.39 is 40.9 Å². The zero-order chi connectivity index (χ0) is 20.2. The third-order valence-electron chi connectivity index (χ3n) is 3.91. The van der Waals surface area contributed by atoms with Crippen molar-refractivity contribution in [2.75, 3.05) is 6.54 Å². The average molecular weight is 401 g/mol. The number of nitrogens with one attached hydrogen (secondary N) is 1. The summed E-state index contributed by atoms with van der Waals surface area (Å²) in [6, 6.07) is 9.18. The summed E-state index contributed by atoms with van der Waals surface area (Å²) in [4.78, 5) is 11.7. The molecule has 0 radical (unpaired) electrons. The lowest BCUT2D eigenvalue weighted by Gasteiger charge is -2.13. The van der Waals surface area contributed by atoms with E-state index in [9.17, 15) is 26.4 Å². The van der Waals surface area contributed by atoms with Crippen LogP contribution in [0.15, 0.2) is 47.4 Å². The maximum absolute atomic E-state index is 12.9. The standard InChI is InChI=1S/C18H18F3NO4S/c1-12-7-8-15(9-13(12)2)27(24,25)22-10-17(23)26-11-14-5-3-4-6-16(14)18(19,20)21/h3-9,22H,10-11H2,1-2H3. The molecule has 1 N–H and O–H groups in total. The van der Waals surface area contributed by atoms with Gasteiger partial charge in [0.1, 0.15) is 13.2 Å². The number of ether oxygens (including phenoxy) is 1. The van der Waals surface area contributed by atoms with E-state index in [1.807, 2.05) is 6.92 Å². The van der Waals surface area contributed by atoms with E-state index in [0.29, 0.717) is 0 Å². The number of halogens is 3. The van der Waals surface area contributed by atoms with E-state index in [1.54, 1.807) is 13.0 Å². The molecule has 0 saturated heterocycles. The van der Waals surface area contributed by atoms with Gasteiger partial charge in [-0.3, -0.25) is 4.79 Å². The van der Waals surface area contributed by atoms with Gasteiger partial charge in [0.25, 0.3) is 0 Å². The summed E-state index contributed by atoms with van der Waals surface area (Å²) in [5.74, 6) is -0.987. The smallest absolute Gasteiger partial charge is 0.416 e. The molecule has 2 aromatic rings. The van der Waals surface area contributed by atoms with Crippen molar-refractivity contribution in [3.8, 4) is 0 Å². The molecule has 0 aromatic heterocycles. The zero-order valence-corrected chi connectivity index (χ0v) is 15.4. The highest BCUT2D eigenvalue weighted by Crippen LogP contribution is 2.32. The monoisotopic (exact) mass is 401 g/mol. The van der Waals surface area contributed by atoms with Crippen LogP contribution in [0.2, 0.25) is 0 Å². The minimum atomic E-state index is -4.58. The van der Waals surface area contributed by atoms with Crippen LogP contribution in [0, 0.1) is 13.8 Å². The van der Waals surface area contributed by atoms with Crippen LogP contribution in [0.5, 0.6) is 0 Å². The second kappa shape index (κ2) is 8.10. The van der Waals surface area contributed by atoms with Crippen molar-refractivity contribution in [3.63, 3.8) is 0 Å². The Morgan fingerprint density at radius 3 is 2.37 bits per heavy atom. The SMILES string of the molecule is Cc1ccc(S(=O)(=O)NCC(=O)OCc2ccccc2C(F)(F)F)cc1C. The number of hydrogen-bond donors (Lipinski definition) is 1. The number of esters is 1. The molecule has 0 aliphatic carbocycles. The highest BCUT2D eigenvalue weighted by atomic mass is 32.2. The lowest BCUT2D eigenvalue weighted by Crippen LogP contribution is -2.30. The number of hydrogen-bond acceptors (Lipinski definition) is 4. The van der Waals surface area contributed by atoms with Gasteiger partial charge >= 0.3 is 12.1 Å². The molecule has 0 spiro atoms. The van der Waals surface area contributed by atoms with Crippen LogP contribution in [0.3, 0.4) is 0 Å². The van der Waals surface area contributed by atoms with Gasteiger partial charge in [-0.2, -0.15) is 17.9 Å². The number of sulfonamides is 1. The van der Waals surface area contributed by atoms with Gasteiger partial charge in [0.2, 0.25) is 10.0 Å². The Morgan fingerprint density at radius 2 is 1.74 bits per heavy atom. The van der Waals surface area contributed by atoms with Crippen molar-refractivity contribution in [3.05, 3.63) is 64.7 Å². The van der Waals surface area contributed by atoms with E-state index in [1.165, 1.54) is 30.3 Å². The molecule has 0 heterocycles. The molecule has 0 unspecified atom stereocenters. The molecule has 146 valence electrons. The first-order valence-electron chi connectivity index (χ1n) is 7.88. The molecule has 0 aliphatic heterocycles. The molecule has 0 amide bonds. The Kier molecular flexibility index (Phi) is 6.27. The minimum Gasteiger partial charge on any atom is -0.460 e. The quantitative estimate of drug-likeness (QED) is 0.754. The molecule has 9 heteroatoms. The van der Waals surface area contributed by atoms with Crippen LogP contribution in [-0.2, 0) is 32.3 Å². The highest BCUT2D eigenvalue weighted by Gasteiger charge is 2.33. The Morgan fingerprint density at radius 1 is 1.07 bits per heavy atom. The lowest BCUT2D eigenvalue weighted by atomic mass is 10.1. The topological polar surface area (TPSA) is 72.5 Å². The van der Waals surface area contributed by atoms with Crippen molar-refractivity contribution in [2.45, 2.75) is 31.5 Å². The molecule has 0 fully saturated rings. The zero-order valence-electron chi connectivity index (χ0n) is 14.6. The maximum atomic E-state index is 12.9. The van der Waals surface area contributed by atoms with Gasteiger partial charge in [-0.25, -0.2) is 8.42 Å². The summed E-state index contributed by atoms with van der Waals surface area (Å²) in [5, 5.41) is 0. The van der Waals surface area contributed by atoms with Crippen LogP contribution in [0.1, 0.15) is 22.3 Å². The van der Waals surface area contributed by atoms with Crippen molar-refractivity contribution in [2.24, 2.45) is 0 Å². The van der Waals surface area contributed by atoms with Crippen molar-refractivity contribution in [1.82, 2.24) is 4.72 Å². The largest absolute Gasteiger partial charge is 0.460 e. The van der Waals surface area contributed by atoms with Crippen LogP contribution < -0.4 is 4.72 Å². The van der Waals surface area contributed by atoms with E-state index in [4.69, 9.17) is 4.74 Å². The summed E-state index contributed by atoms with van der Waals surface area (Å²) in [6.07, 6.45) is -4.58. The lowest BCUT2D eigenvalue weighted by molar-refractivity contribution is -0.146. The Balaban J connectivity index is 1.98. The van der Waals surface area contributed by atoms with Gasteiger partial charge in [-0.15, -0.1) is 0 Å². The molecule has 0 saturated carbocycles. The maximum Gasteiger partial charge on any atom is 0.416 e. The average Bonchev–Trinajstić information content (AvgIpc) is 2.60. The Hall–Kier alpha value is -2.39. The molecular weight excluding hydrogens is 383 g/mol. The van der Waals surface area contributed by atoms with Crippen LogP contribution in [0.25, 0.3) is 0 Å². The predicted octanol–water partition coefficient (Wildman–Crippen LogP) is 3.34. The fourth-order valence-electron chi connectivity index (χ4n) is 2.25. The minimum absolute atomic E-state index is 0.0131. The number of benzene rings is 2. The van der Waals surface area contributed by atoms with E-state index in [-0.39, 0.29) is 10.5 Å². The fraction of sp³-hybridized carbons (Fsp3) is 0.278. The molecule has 0 atom stereocenters. The second-order valence-corrected chi connectivity index (χ2v) is 7.65. The van der Waals surface area contributed by atoms with Crippen molar-refractivity contribution >= 4 is 16.0 Å². The first kappa shape index (κ1) is 20.9. The third-order valence-corrected chi connectivity index (χ3v) is 5.31. The third kappa shape index (κ3) is 5.54. The highest BCUT2D eigenvalue weighted by molar-refractivity contribution is 7.89. The summed E-state index contributed by atoms with van der Waals surface area (Å²) in [5.41, 5.74) is 0.560. The first-order chi connectivity index (χ1) is 12.5. The summed E-state index contributed by atoms with van der Waals surface area (Å²) in [7, 11) is -3.94. The van der Waals surface area contributed by atoms with Gasteiger partial charge in [0.05, 0.1) is 10.5 Å². The Bertz CT molecular complexity index is 940. The number of carbonyl (C=O) groups is 1.